The lowest BCUT2D eigenvalue weighted by atomic mass is 9.74. The second-order valence-electron chi connectivity index (χ2n) is 4.70. The van der Waals surface area contributed by atoms with Crippen molar-refractivity contribution in [3.05, 3.63) is 0 Å². The smallest absolute Gasteiger partial charge is 0.0607 e. The number of rotatable bonds is 8. The molecule has 0 spiro atoms. The highest BCUT2D eigenvalue weighted by Crippen LogP contribution is 2.33. The molecule has 0 bridgehead atoms. The van der Waals surface area contributed by atoms with Crippen molar-refractivity contribution in [2.45, 2.75) is 38.3 Å². The fraction of sp³-hybridized carbons (Fsp3) is 1.00. The Morgan fingerprint density at radius 3 is 2.44 bits per heavy atom. The number of nitrogens with two attached hydrogens (primary N) is 1. The van der Waals surface area contributed by atoms with Gasteiger partial charge in [0.25, 0.3) is 0 Å². The van der Waals surface area contributed by atoms with Crippen molar-refractivity contribution in [3.8, 4) is 0 Å². The Morgan fingerprint density at radius 2 is 2.00 bits per heavy atom. The Morgan fingerprint density at radius 1 is 1.38 bits per heavy atom. The lowest BCUT2D eigenvalue weighted by Crippen LogP contribution is -2.63. The van der Waals surface area contributed by atoms with Gasteiger partial charge in [-0.3, -0.25) is 0 Å². The van der Waals surface area contributed by atoms with Crippen LogP contribution >= 0.6 is 0 Å². The van der Waals surface area contributed by atoms with E-state index in [2.05, 4.69) is 24.1 Å². The highest BCUT2D eigenvalue weighted by atomic mass is 16.5. The van der Waals surface area contributed by atoms with Crippen LogP contribution in [0.25, 0.3) is 0 Å². The molecule has 1 aliphatic rings. The van der Waals surface area contributed by atoms with Crippen LogP contribution in [0.5, 0.6) is 0 Å². The molecule has 0 saturated heterocycles. The van der Waals surface area contributed by atoms with Gasteiger partial charge in [-0.05, 0) is 25.9 Å². The topological polar surface area (TPSA) is 50.5 Å². The second kappa shape index (κ2) is 6.55. The number of methoxy groups -OCH3 is 1. The normalized spacial score (nSPS) is 29.4. The second-order valence-corrected chi connectivity index (χ2v) is 4.70. The monoisotopic (exact) mass is 229 g/mol. The van der Waals surface area contributed by atoms with Gasteiger partial charge in [-0.15, -0.1) is 0 Å². The molecule has 4 nitrogen and oxygen atoms in total. The summed E-state index contributed by atoms with van der Waals surface area (Å²) < 4.78 is 5.31. The third-order valence-corrected chi connectivity index (χ3v) is 3.78. The van der Waals surface area contributed by atoms with Crippen LogP contribution in [-0.2, 0) is 4.74 Å². The van der Waals surface area contributed by atoms with E-state index >= 15 is 0 Å². The highest BCUT2D eigenvalue weighted by molar-refractivity contribution is 5.02. The summed E-state index contributed by atoms with van der Waals surface area (Å²) in [7, 11) is 1.78. The molecule has 0 atom stereocenters. The lowest BCUT2D eigenvalue weighted by Gasteiger charge is -2.47. The van der Waals surface area contributed by atoms with Gasteiger partial charge in [-0.1, -0.05) is 13.8 Å². The van der Waals surface area contributed by atoms with E-state index in [0.717, 1.165) is 39.0 Å². The zero-order valence-electron chi connectivity index (χ0n) is 11.0. The number of nitrogens with zero attached hydrogens (tertiary/aromatic N) is 1. The van der Waals surface area contributed by atoms with Crippen LogP contribution in [0.1, 0.15) is 26.7 Å². The van der Waals surface area contributed by atoms with Gasteiger partial charge < -0.3 is 20.7 Å². The SMILES string of the molecule is CCN(CC)CCNC1(CN)CC(OC)C1. The Balaban J connectivity index is 2.20. The van der Waals surface area contributed by atoms with E-state index in [4.69, 9.17) is 10.5 Å². The number of hydrogen-bond acceptors (Lipinski definition) is 4. The van der Waals surface area contributed by atoms with Gasteiger partial charge in [-0.2, -0.15) is 0 Å². The summed E-state index contributed by atoms with van der Waals surface area (Å²) in [6, 6.07) is 0. The van der Waals surface area contributed by atoms with Crippen molar-refractivity contribution < 1.29 is 4.74 Å². The third-order valence-electron chi connectivity index (χ3n) is 3.78. The molecule has 1 aliphatic carbocycles. The minimum Gasteiger partial charge on any atom is -0.381 e. The molecule has 0 aliphatic heterocycles. The summed E-state index contributed by atoms with van der Waals surface area (Å²) in [5, 5.41) is 3.60. The molecule has 1 rings (SSSR count). The predicted molar refractivity (Wildman–Crippen MR) is 67.6 cm³/mol. The first kappa shape index (κ1) is 13.9. The Kier molecular flexibility index (Phi) is 5.69. The summed E-state index contributed by atoms with van der Waals surface area (Å²) in [5.41, 5.74) is 5.98. The molecule has 4 heteroatoms. The standard InChI is InChI=1S/C12H27N3O/c1-4-15(5-2)7-6-14-12(10-13)8-11(9-12)16-3/h11,14H,4-10,13H2,1-3H3. The highest BCUT2D eigenvalue weighted by Gasteiger charge is 2.42. The molecule has 16 heavy (non-hydrogen) atoms. The Hall–Kier alpha value is -0.160. The molecule has 0 unspecified atom stereocenters. The maximum absolute atomic E-state index is 5.84. The van der Waals surface area contributed by atoms with Crippen LogP contribution in [-0.4, -0.2) is 56.4 Å². The molecule has 0 radical (unpaired) electrons. The quantitative estimate of drug-likeness (QED) is 0.633. The van der Waals surface area contributed by atoms with Crippen LogP contribution in [0.2, 0.25) is 0 Å². The van der Waals surface area contributed by atoms with Gasteiger partial charge in [-0.25, -0.2) is 0 Å². The molecule has 0 aromatic carbocycles. The van der Waals surface area contributed by atoms with E-state index in [-0.39, 0.29) is 5.54 Å². The number of hydrogen-bond donors (Lipinski definition) is 2. The third kappa shape index (κ3) is 3.42. The summed E-state index contributed by atoms with van der Waals surface area (Å²) >= 11 is 0. The fourth-order valence-corrected chi connectivity index (χ4v) is 2.38. The first-order chi connectivity index (χ1) is 7.69. The minimum absolute atomic E-state index is 0.147. The number of ether oxygens (including phenoxy) is 1. The zero-order valence-corrected chi connectivity index (χ0v) is 11.0. The van der Waals surface area contributed by atoms with Crippen LogP contribution in [0, 0.1) is 0 Å². The van der Waals surface area contributed by atoms with E-state index in [1.807, 2.05) is 0 Å². The largest absolute Gasteiger partial charge is 0.381 e. The molecule has 1 fully saturated rings. The summed E-state index contributed by atoms with van der Waals surface area (Å²) in [6.45, 7) is 9.48. The van der Waals surface area contributed by atoms with Gasteiger partial charge in [0.05, 0.1) is 6.10 Å². The van der Waals surface area contributed by atoms with Gasteiger partial charge in [0.2, 0.25) is 0 Å². The van der Waals surface area contributed by atoms with Crippen LogP contribution in [0.4, 0.5) is 0 Å². The van der Waals surface area contributed by atoms with Crippen LogP contribution in [0.3, 0.4) is 0 Å². The van der Waals surface area contributed by atoms with Gasteiger partial charge in [0, 0.05) is 32.3 Å². The molecule has 0 amide bonds. The van der Waals surface area contributed by atoms with Crippen molar-refractivity contribution >= 4 is 0 Å². The van der Waals surface area contributed by atoms with E-state index in [0.29, 0.717) is 12.6 Å². The van der Waals surface area contributed by atoms with Crippen molar-refractivity contribution in [1.82, 2.24) is 10.2 Å². The molecule has 96 valence electrons. The van der Waals surface area contributed by atoms with Crippen molar-refractivity contribution in [3.63, 3.8) is 0 Å². The molecular weight excluding hydrogens is 202 g/mol. The van der Waals surface area contributed by atoms with E-state index in [9.17, 15) is 0 Å². The molecular formula is C12H27N3O. The van der Waals surface area contributed by atoms with Crippen LogP contribution < -0.4 is 11.1 Å². The summed E-state index contributed by atoms with van der Waals surface area (Å²) in [5.74, 6) is 0. The Bertz CT molecular complexity index is 189. The molecule has 3 N–H and O–H groups in total. The molecule has 0 aromatic heterocycles. The van der Waals surface area contributed by atoms with Crippen molar-refractivity contribution in [2.24, 2.45) is 5.73 Å². The van der Waals surface area contributed by atoms with Gasteiger partial charge in [0.1, 0.15) is 0 Å². The number of likely N-dealkylation sites (N-methyl/N-ethyl adjacent to an activating group) is 1. The predicted octanol–water partition coefficient (Wildman–Crippen LogP) is 0.424. The minimum atomic E-state index is 0.147. The maximum Gasteiger partial charge on any atom is 0.0607 e. The van der Waals surface area contributed by atoms with Crippen LogP contribution in [0.15, 0.2) is 0 Å². The maximum atomic E-state index is 5.84. The first-order valence-corrected chi connectivity index (χ1v) is 6.40. The van der Waals surface area contributed by atoms with Crippen molar-refractivity contribution in [1.29, 1.82) is 0 Å². The molecule has 0 aromatic rings. The summed E-state index contributed by atoms with van der Waals surface area (Å²) in [6.07, 6.45) is 2.51. The fourth-order valence-electron chi connectivity index (χ4n) is 2.38. The van der Waals surface area contributed by atoms with E-state index in [1.165, 1.54) is 0 Å². The zero-order chi connectivity index (χ0) is 12.0. The molecule has 1 saturated carbocycles. The Labute approximate surface area is 99.5 Å². The average Bonchev–Trinajstić information content (AvgIpc) is 2.27. The average molecular weight is 229 g/mol. The number of nitrogens with one attached hydrogen (secondary N) is 1. The summed E-state index contributed by atoms with van der Waals surface area (Å²) in [4.78, 5) is 2.42. The first-order valence-electron chi connectivity index (χ1n) is 6.40. The van der Waals surface area contributed by atoms with Gasteiger partial charge in [0.15, 0.2) is 0 Å². The van der Waals surface area contributed by atoms with E-state index in [1.54, 1.807) is 7.11 Å². The lowest BCUT2D eigenvalue weighted by molar-refractivity contribution is -0.0269. The molecule has 0 heterocycles. The van der Waals surface area contributed by atoms with Crippen molar-refractivity contribution in [2.75, 3.05) is 39.8 Å². The van der Waals surface area contributed by atoms with E-state index < -0.39 is 0 Å². The van der Waals surface area contributed by atoms with Gasteiger partial charge >= 0.3 is 0 Å².